The molecule has 1 amide bonds. The average molecular weight is 635 g/mol. The van der Waals surface area contributed by atoms with Gasteiger partial charge in [0.05, 0.1) is 23.2 Å². The predicted octanol–water partition coefficient (Wildman–Crippen LogP) is 6.15. The molecule has 230 valence electrons. The maximum atomic E-state index is 14.2. The molecule has 0 saturated carbocycles. The lowest BCUT2D eigenvalue weighted by Gasteiger charge is -2.35. The van der Waals surface area contributed by atoms with Crippen molar-refractivity contribution in [1.29, 1.82) is 0 Å². The first-order valence-electron chi connectivity index (χ1n) is 14.2. The van der Waals surface area contributed by atoms with Crippen molar-refractivity contribution in [2.75, 3.05) is 11.3 Å². The first kappa shape index (κ1) is 31.3. The SMILES string of the molecule is Cc1cnc(CN2C(=O)c3cccc(c3)S(=O)(=O)Nc3nc(cc(-c4c(C)cccc4C)n3)OC[C@H]2CC(C)(C)C)nc1Cl. The molecule has 12 heteroatoms. The number of hydrogen-bond acceptors (Lipinski definition) is 8. The van der Waals surface area contributed by atoms with Crippen molar-refractivity contribution >= 4 is 33.5 Å². The molecule has 2 aromatic carbocycles. The average Bonchev–Trinajstić information content (AvgIpc) is 2.94. The number of benzene rings is 2. The van der Waals surface area contributed by atoms with E-state index in [0.29, 0.717) is 28.7 Å². The lowest BCUT2D eigenvalue weighted by molar-refractivity contribution is 0.0505. The number of aromatic nitrogens is 4. The van der Waals surface area contributed by atoms with Gasteiger partial charge in [0.15, 0.2) is 0 Å². The number of hydrogen-bond donors (Lipinski definition) is 1. The van der Waals surface area contributed by atoms with E-state index in [1.807, 2.05) is 32.0 Å². The number of aryl methyl sites for hydroxylation is 3. The minimum atomic E-state index is -4.17. The number of nitrogens with zero attached hydrogens (tertiary/aromatic N) is 5. The summed E-state index contributed by atoms with van der Waals surface area (Å²) in [4.78, 5) is 33.6. The summed E-state index contributed by atoms with van der Waals surface area (Å²) in [5, 5.41) is 0.295. The van der Waals surface area contributed by atoms with Gasteiger partial charge in [0, 0.05) is 29.0 Å². The molecule has 1 aliphatic heterocycles. The van der Waals surface area contributed by atoms with Gasteiger partial charge in [0.25, 0.3) is 15.9 Å². The van der Waals surface area contributed by atoms with Crippen LogP contribution in [0.2, 0.25) is 5.15 Å². The van der Waals surface area contributed by atoms with Gasteiger partial charge in [-0.1, -0.05) is 56.6 Å². The molecular formula is C32H35ClN6O4S. The highest BCUT2D eigenvalue weighted by molar-refractivity contribution is 7.92. The van der Waals surface area contributed by atoms with Crippen LogP contribution in [0.4, 0.5) is 5.95 Å². The predicted molar refractivity (Wildman–Crippen MR) is 169 cm³/mol. The molecule has 10 nitrogen and oxygen atoms in total. The zero-order valence-corrected chi connectivity index (χ0v) is 27.1. The van der Waals surface area contributed by atoms with E-state index < -0.39 is 22.0 Å². The molecule has 44 heavy (non-hydrogen) atoms. The van der Waals surface area contributed by atoms with Gasteiger partial charge in [-0.3, -0.25) is 4.79 Å². The lowest BCUT2D eigenvalue weighted by atomic mass is 9.87. The number of sulfonamides is 1. The molecule has 4 aromatic rings. The van der Waals surface area contributed by atoms with Crippen molar-refractivity contribution in [3.63, 3.8) is 0 Å². The van der Waals surface area contributed by atoms with Gasteiger partial charge in [0.1, 0.15) is 17.6 Å². The van der Waals surface area contributed by atoms with Crippen molar-refractivity contribution < 1.29 is 17.9 Å². The van der Waals surface area contributed by atoms with Crippen LogP contribution >= 0.6 is 11.6 Å². The van der Waals surface area contributed by atoms with Crippen LogP contribution in [-0.4, -0.2) is 51.8 Å². The van der Waals surface area contributed by atoms with E-state index in [9.17, 15) is 13.2 Å². The number of amides is 1. The van der Waals surface area contributed by atoms with E-state index in [4.69, 9.17) is 16.3 Å². The Bertz CT molecular complexity index is 1820. The Balaban J connectivity index is 1.68. The Kier molecular flexibility index (Phi) is 8.64. The molecule has 4 bridgehead atoms. The van der Waals surface area contributed by atoms with E-state index in [0.717, 1.165) is 16.7 Å². The quantitative estimate of drug-likeness (QED) is 0.265. The van der Waals surface area contributed by atoms with Crippen LogP contribution < -0.4 is 9.46 Å². The minimum absolute atomic E-state index is 0.0286. The van der Waals surface area contributed by atoms with Gasteiger partial charge >= 0.3 is 0 Å². The Morgan fingerprint density at radius 1 is 1.00 bits per heavy atom. The highest BCUT2D eigenvalue weighted by Crippen LogP contribution is 2.31. The maximum Gasteiger partial charge on any atom is 0.264 e. The molecular weight excluding hydrogens is 600 g/mol. The van der Waals surface area contributed by atoms with Crippen molar-refractivity contribution in [3.8, 4) is 17.1 Å². The summed E-state index contributed by atoms with van der Waals surface area (Å²) in [6.45, 7) is 12.1. The normalized spacial score (nSPS) is 16.7. The van der Waals surface area contributed by atoms with E-state index in [-0.39, 0.29) is 40.9 Å². The first-order valence-corrected chi connectivity index (χ1v) is 16.1. The third-order valence-electron chi connectivity index (χ3n) is 7.30. The molecule has 1 aliphatic rings. The second-order valence-electron chi connectivity index (χ2n) is 12.2. The van der Waals surface area contributed by atoms with Crippen LogP contribution in [0, 0.1) is 26.2 Å². The Labute approximate surface area is 263 Å². The second-order valence-corrected chi connectivity index (χ2v) is 14.3. The number of carbonyl (C=O) groups excluding carboxylic acids is 1. The summed E-state index contributed by atoms with van der Waals surface area (Å²) in [7, 11) is -4.17. The molecule has 0 aliphatic carbocycles. The Morgan fingerprint density at radius 2 is 1.70 bits per heavy atom. The minimum Gasteiger partial charge on any atom is -0.475 e. The van der Waals surface area contributed by atoms with Gasteiger partial charge in [-0.15, -0.1) is 0 Å². The highest BCUT2D eigenvalue weighted by Gasteiger charge is 2.32. The fraction of sp³-hybridized carbons (Fsp3) is 0.344. The highest BCUT2D eigenvalue weighted by atomic mass is 35.5. The van der Waals surface area contributed by atoms with Crippen LogP contribution in [0.5, 0.6) is 5.88 Å². The molecule has 0 radical (unpaired) electrons. The molecule has 3 heterocycles. The molecule has 0 spiro atoms. The summed E-state index contributed by atoms with van der Waals surface area (Å²) < 4.78 is 35.9. The summed E-state index contributed by atoms with van der Waals surface area (Å²) >= 11 is 6.32. The number of ether oxygens (including phenoxy) is 1. The molecule has 1 atom stereocenters. The largest absolute Gasteiger partial charge is 0.475 e. The third kappa shape index (κ3) is 7.00. The number of anilines is 1. The number of rotatable bonds is 4. The van der Waals surface area contributed by atoms with Crippen LogP contribution in [0.25, 0.3) is 11.3 Å². The van der Waals surface area contributed by atoms with Crippen molar-refractivity contribution in [1.82, 2.24) is 24.8 Å². The zero-order valence-electron chi connectivity index (χ0n) is 25.6. The summed E-state index contributed by atoms with van der Waals surface area (Å²) in [5.74, 6) is -0.0111. The standard InChI is InChI=1S/C32H35ClN6O4S/c1-19-9-7-10-20(2)28(19)25-14-27-37-31(35-25)38-44(41,42)24-12-8-11-22(13-24)30(40)39(23(18-43-27)15-32(4,5)6)17-26-34-16-21(3)29(33)36-26/h7-14,16,23H,15,17-18H2,1-6H3,(H,35,37,38)/t23-/m1/s1. The second kappa shape index (κ2) is 12.1. The molecule has 0 fully saturated rings. The van der Waals surface area contributed by atoms with E-state index in [1.54, 1.807) is 30.2 Å². The smallest absolute Gasteiger partial charge is 0.264 e. The van der Waals surface area contributed by atoms with E-state index >= 15 is 0 Å². The van der Waals surface area contributed by atoms with Gasteiger partial charge in [0.2, 0.25) is 11.8 Å². The molecule has 1 N–H and O–H groups in total. The number of nitrogens with one attached hydrogen (secondary N) is 1. The van der Waals surface area contributed by atoms with Crippen LogP contribution in [-0.2, 0) is 16.6 Å². The molecule has 5 rings (SSSR count). The number of carbonyl (C=O) groups is 1. The van der Waals surface area contributed by atoms with Gasteiger partial charge < -0.3 is 9.64 Å². The maximum absolute atomic E-state index is 14.2. The van der Waals surface area contributed by atoms with E-state index in [2.05, 4.69) is 45.4 Å². The van der Waals surface area contributed by atoms with Crippen molar-refractivity contribution in [2.24, 2.45) is 5.41 Å². The van der Waals surface area contributed by atoms with Crippen LogP contribution in [0.3, 0.4) is 0 Å². The zero-order chi connectivity index (χ0) is 31.8. The number of fused-ring (bicyclic) bond motifs is 4. The van der Waals surface area contributed by atoms with Crippen molar-refractivity contribution in [3.05, 3.63) is 88.0 Å². The first-order chi connectivity index (χ1) is 20.7. The third-order valence-corrected chi connectivity index (χ3v) is 9.01. The topological polar surface area (TPSA) is 127 Å². The van der Waals surface area contributed by atoms with Gasteiger partial charge in [-0.05, 0) is 61.9 Å². The molecule has 2 aromatic heterocycles. The Hall–Kier alpha value is -4.09. The van der Waals surface area contributed by atoms with Gasteiger partial charge in [-0.25, -0.2) is 28.1 Å². The lowest BCUT2D eigenvalue weighted by Crippen LogP contribution is -2.45. The van der Waals surface area contributed by atoms with Gasteiger partial charge in [-0.2, -0.15) is 4.98 Å². The molecule has 0 unspecified atom stereocenters. The fourth-order valence-electron chi connectivity index (χ4n) is 5.23. The van der Waals surface area contributed by atoms with Crippen LogP contribution in [0.15, 0.2) is 59.6 Å². The Morgan fingerprint density at radius 3 is 2.39 bits per heavy atom. The number of halogens is 1. The fourth-order valence-corrected chi connectivity index (χ4v) is 6.37. The summed E-state index contributed by atoms with van der Waals surface area (Å²) in [5.41, 5.74) is 3.98. The molecule has 0 saturated heterocycles. The van der Waals surface area contributed by atoms with E-state index in [1.165, 1.54) is 18.2 Å². The summed E-state index contributed by atoms with van der Waals surface area (Å²) in [6.07, 6.45) is 2.16. The van der Waals surface area contributed by atoms with Crippen LogP contribution in [0.1, 0.15) is 60.1 Å². The summed E-state index contributed by atoms with van der Waals surface area (Å²) in [6, 6.07) is 13.0. The van der Waals surface area contributed by atoms with Crippen molar-refractivity contribution in [2.45, 2.75) is 65.4 Å². The monoisotopic (exact) mass is 634 g/mol.